The van der Waals surface area contributed by atoms with Gasteiger partial charge in [-0.15, -0.1) is 0 Å². The van der Waals surface area contributed by atoms with E-state index in [0.717, 1.165) is 45.6 Å². The van der Waals surface area contributed by atoms with Crippen LogP contribution in [0.25, 0.3) is 0 Å². The number of nitrogens with zero attached hydrogens (tertiary/aromatic N) is 2. The van der Waals surface area contributed by atoms with Gasteiger partial charge in [-0.2, -0.15) is 0 Å². The van der Waals surface area contributed by atoms with Crippen LogP contribution in [0.3, 0.4) is 0 Å². The van der Waals surface area contributed by atoms with Crippen molar-refractivity contribution in [2.75, 3.05) is 53.0 Å². The summed E-state index contributed by atoms with van der Waals surface area (Å²) in [6.07, 6.45) is 2.38. The van der Waals surface area contributed by atoms with Gasteiger partial charge in [0, 0.05) is 57.9 Å². The molecule has 2 heterocycles. The molecule has 0 bridgehead atoms. The summed E-state index contributed by atoms with van der Waals surface area (Å²) < 4.78 is 10.9. The zero-order chi connectivity index (χ0) is 19.1. The average Bonchev–Trinajstić information content (AvgIpc) is 3.24. The molecule has 1 N–H and O–H groups in total. The van der Waals surface area contributed by atoms with Crippen molar-refractivity contribution in [2.24, 2.45) is 0 Å². The first-order valence-electron chi connectivity index (χ1n) is 9.71. The lowest BCUT2D eigenvalue weighted by Gasteiger charge is -2.30. The van der Waals surface area contributed by atoms with Crippen molar-refractivity contribution in [3.05, 3.63) is 29.8 Å². The van der Waals surface area contributed by atoms with E-state index in [-0.39, 0.29) is 17.9 Å². The topological polar surface area (TPSA) is 71.1 Å². The minimum atomic E-state index is -0.0683. The Morgan fingerprint density at radius 1 is 1.26 bits per heavy atom. The molecule has 2 saturated heterocycles. The summed E-state index contributed by atoms with van der Waals surface area (Å²) in [7, 11) is 1.60. The molecule has 2 fully saturated rings. The Kier molecular flexibility index (Phi) is 7.06. The fraction of sp³-hybridized carbons (Fsp3) is 0.600. The van der Waals surface area contributed by atoms with Crippen molar-refractivity contribution in [1.82, 2.24) is 15.1 Å². The molecule has 0 aliphatic carbocycles. The second-order valence-corrected chi connectivity index (χ2v) is 7.00. The van der Waals surface area contributed by atoms with Gasteiger partial charge in [0.25, 0.3) is 5.91 Å². The second kappa shape index (κ2) is 9.71. The number of methoxy groups -OCH3 is 1. The number of hydrogen-bond donors (Lipinski definition) is 1. The summed E-state index contributed by atoms with van der Waals surface area (Å²) in [5.41, 5.74) is 0.600. The molecule has 3 rings (SSSR count). The largest absolute Gasteiger partial charge is 0.497 e. The molecular weight excluding hydrogens is 346 g/mol. The highest BCUT2D eigenvalue weighted by molar-refractivity contribution is 5.94. The summed E-state index contributed by atoms with van der Waals surface area (Å²) in [5, 5.41) is 3.25. The lowest BCUT2D eigenvalue weighted by atomic mass is 10.1. The summed E-state index contributed by atoms with van der Waals surface area (Å²) >= 11 is 0. The van der Waals surface area contributed by atoms with Gasteiger partial charge in [-0.25, -0.2) is 0 Å². The summed E-state index contributed by atoms with van der Waals surface area (Å²) in [5.74, 6) is 0.753. The Morgan fingerprint density at radius 3 is 2.63 bits per heavy atom. The molecule has 7 heteroatoms. The van der Waals surface area contributed by atoms with Crippen molar-refractivity contribution in [1.29, 1.82) is 0 Å². The van der Waals surface area contributed by atoms with Crippen LogP contribution in [0.2, 0.25) is 0 Å². The Labute approximate surface area is 160 Å². The third-order valence-electron chi connectivity index (χ3n) is 5.14. The highest BCUT2D eigenvalue weighted by Gasteiger charge is 2.25. The summed E-state index contributed by atoms with van der Waals surface area (Å²) in [6, 6.07) is 7.09. The zero-order valence-corrected chi connectivity index (χ0v) is 16.0. The van der Waals surface area contributed by atoms with Gasteiger partial charge in [0.1, 0.15) is 5.75 Å². The SMILES string of the molecule is COc1ccc(C(=O)N(CCC(=O)N2CCNCC2)C[C@@H]2CCCO2)cc1. The van der Waals surface area contributed by atoms with Gasteiger partial charge < -0.3 is 24.6 Å². The van der Waals surface area contributed by atoms with Crippen LogP contribution in [0.15, 0.2) is 24.3 Å². The maximum atomic E-state index is 13.0. The van der Waals surface area contributed by atoms with Crippen LogP contribution < -0.4 is 10.1 Å². The zero-order valence-electron chi connectivity index (χ0n) is 16.0. The van der Waals surface area contributed by atoms with Gasteiger partial charge in [-0.1, -0.05) is 0 Å². The lowest BCUT2D eigenvalue weighted by Crippen LogP contribution is -2.47. The molecule has 0 spiro atoms. The summed E-state index contributed by atoms with van der Waals surface area (Å²) in [6.45, 7) is 4.81. The van der Waals surface area contributed by atoms with Crippen molar-refractivity contribution < 1.29 is 19.1 Å². The maximum absolute atomic E-state index is 13.0. The predicted octanol–water partition coefficient (Wildman–Crippen LogP) is 1.14. The number of amides is 2. The Hall–Kier alpha value is -2.12. The van der Waals surface area contributed by atoms with Gasteiger partial charge in [0.15, 0.2) is 0 Å². The van der Waals surface area contributed by atoms with Crippen molar-refractivity contribution in [3.63, 3.8) is 0 Å². The normalized spacial score (nSPS) is 19.7. The number of carbonyl (C=O) groups excluding carboxylic acids is 2. The number of ether oxygens (including phenoxy) is 2. The van der Waals surface area contributed by atoms with Crippen molar-refractivity contribution in [3.8, 4) is 5.75 Å². The number of piperazine rings is 1. The lowest BCUT2D eigenvalue weighted by molar-refractivity contribution is -0.132. The molecule has 1 aromatic carbocycles. The predicted molar refractivity (Wildman–Crippen MR) is 102 cm³/mol. The van der Waals surface area contributed by atoms with Gasteiger partial charge >= 0.3 is 0 Å². The average molecular weight is 375 g/mol. The highest BCUT2D eigenvalue weighted by Crippen LogP contribution is 2.17. The minimum absolute atomic E-state index is 0.0569. The van der Waals surface area contributed by atoms with E-state index < -0.39 is 0 Å². The van der Waals surface area contributed by atoms with Gasteiger partial charge in [0.05, 0.1) is 13.2 Å². The van der Waals surface area contributed by atoms with E-state index in [2.05, 4.69) is 5.32 Å². The molecule has 27 heavy (non-hydrogen) atoms. The maximum Gasteiger partial charge on any atom is 0.253 e. The van der Waals surface area contributed by atoms with Gasteiger partial charge in [0.2, 0.25) is 5.91 Å². The number of carbonyl (C=O) groups is 2. The molecule has 0 radical (unpaired) electrons. The second-order valence-electron chi connectivity index (χ2n) is 7.00. The van der Waals surface area contributed by atoms with E-state index >= 15 is 0 Å². The monoisotopic (exact) mass is 375 g/mol. The molecule has 1 aromatic rings. The molecular formula is C20H29N3O4. The number of hydrogen-bond acceptors (Lipinski definition) is 5. The third kappa shape index (κ3) is 5.43. The van der Waals surface area contributed by atoms with Crippen molar-refractivity contribution >= 4 is 11.8 Å². The molecule has 1 atom stereocenters. The number of rotatable bonds is 7. The molecule has 2 aliphatic rings. The van der Waals surface area contributed by atoms with E-state index in [0.29, 0.717) is 30.8 Å². The van der Waals surface area contributed by atoms with Crippen LogP contribution in [0.4, 0.5) is 0 Å². The summed E-state index contributed by atoms with van der Waals surface area (Å²) in [4.78, 5) is 29.1. The highest BCUT2D eigenvalue weighted by atomic mass is 16.5. The molecule has 148 valence electrons. The smallest absolute Gasteiger partial charge is 0.253 e. The first kappa shape index (κ1) is 19.6. The van der Waals surface area contributed by atoms with E-state index in [9.17, 15) is 9.59 Å². The van der Waals surface area contributed by atoms with E-state index in [1.807, 2.05) is 4.90 Å². The van der Waals surface area contributed by atoms with Crippen LogP contribution in [-0.2, 0) is 9.53 Å². The van der Waals surface area contributed by atoms with Gasteiger partial charge in [-0.3, -0.25) is 9.59 Å². The van der Waals surface area contributed by atoms with Crippen LogP contribution in [0.1, 0.15) is 29.6 Å². The first-order chi connectivity index (χ1) is 13.2. The first-order valence-corrected chi connectivity index (χ1v) is 9.71. The molecule has 0 saturated carbocycles. The minimum Gasteiger partial charge on any atom is -0.497 e. The molecule has 7 nitrogen and oxygen atoms in total. The Morgan fingerprint density at radius 2 is 2.00 bits per heavy atom. The van der Waals surface area contributed by atoms with Crippen LogP contribution in [0, 0.1) is 0 Å². The third-order valence-corrected chi connectivity index (χ3v) is 5.14. The molecule has 0 unspecified atom stereocenters. The number of benzene rings is 1. The fourth-order valence-corrected chi connectivity index (χ4v) is 3.53. The molecule has 2 amide bonds. The quantitative estimate of drug-likeness (QED) is 0.774. The Balaban J connectivity index is 1.63. The van der Waals surface area contributed by atoms with E-state index in [4.69, 9.17) is 9.47 Å². The van der Waals surface area contributed by atoms with E-state index in [1.165, 1.54) is 0 Å². The standard InChI is InChI=1S/C20H29N3O4/c1-26-17-6-4-16(5-7-17)20(25)23(15-18-3-2-14-27-18)11-8-19(24)22-12-9-21-10-13-22/h4-7,18,21H,2-3,8-15H2,1H3/t18-/m0/s1. The van der Waals surface area contributed by atoms with Gasteiger partial charge in [-0.05, 0) is 37.1 Å². The fourth-order valence-electron chi connectivity index (χ4n) is 3.53. The molecule has 0 aromatic heterocycles. The van der Waals surface area contributed by atoms with E-state index in [1.54, 1.807) is 36.3 Å². The Bertz CT molecular complexity index is 623. The van der Waals surface area contributed by atoms with Crippen LogP contribution in [0.5, 0.6) is 5.75 Å². The number of nitrogens with one attached hydrogen (secondary N) is 1. The van der Waals surface area contributed by atoms with Crippen LogP contribution >= 0.6 is 0 Å². The van der Waals surface area contributed by atoms with Crippen molar-refractivity contribution in [2.45, 2.75) is 25.4 Å². The molecule has 2 aliphatic heterocycles. The van der Waals surface area contributed by atoms with Crippen LogP contribution in [-0.4, -0.2) is 80.7 Å².